The highest BCUT2D eigenvalue weighted by Crippen LogP contribution is 2.34. The molecule has 1 aromatic carbocycles. The largest absolute Gasteiger partial charge is 0.244 e. The summed E-state index contributed by atoms with van der Waals surface area (Å²) in [4.78, 5) is 0.128. The first-order valence-electron chi connectivity index (χ1n) is 6.29. The molecule has 1 aliphatic rings. The first-order chi connectivity index (χ1) is 8.82. The monoisotopic (exact) mass is 349 g/mol. The lowest BCUT2D eigenvalue weighted by molar-refractivity contribution is 0.341. The zero-order chi connectivity index (χ0) is 14.2. The van der Waals surface area contributed by atoms with Crippen molar-refractivity contribution in [1.29, 1.82) is 0 Å². The van der Waals surface area contributed by atoms with Crippen molar-refractivity contribution >= 4 is 26.0 Å². The molecule has 106 valence electrons. The summed E-state index contributed by atoms with van der Waals surface area (Å²) < 4.78 is 40.1. The van der Waals surface area contributed by atoms with E-state index in [1.54, 1.807) is 0 Å². The Morgan fingerprint density at radius 3 is 2.53 bits per heavy atom. The molecule has 19 heavy (non-hydrogen) atoms. The van der Waals surface area contributed by atoms with Gasteiger partial charge in [0, 0.05) is 17.1 Å². The van der Waals surface area contributed by atoms with Gasteiger partial charge in [-0.15, -0.1) is 0 Å². The quantitative estimate of drug-likeness (QED) is 0.816. The number of halogens is 2. The Morgan fingerprint density at radius 1 is 1.42 bits per heavy atom. The van der Waals surface area contributed by atoms with Crippen LogP contribution in [0, 0.1) is 11.7 Å². The lowest BCUT2D eigenvalue weighted by atomic mass is 10.3. The number of hydrogen-bond donors (Lipinski definition) is 0. The maximum Gasteiger partial charge on any atom is 0.244 e. The fourth-order valence-electron chi connectivity index (χ4n) is 1.95. The van der Waals surface area contributed by atoms with Crippen LogP contribution in [0.15, 0.2) is 27.6 Å². The Bertz CT molecular complexity index is 570. The molecule has 0 atom stereocenters. The smallest absolute Gasteiger partial charge is 0.207 e. The number of rotatable bonds is 5. The van der Waals surface area contributed by atoms with Crippen molar-refractivity contribution in [3.63, 3.8) is 0 Å². The Kier molecular flexibility index (Phi) is 4.32. The molecule has 6 heteroatoms. The third-order valence-electron chi connectivity index (χ3n) is 3.19. The highest BCUT2D eigenvalue weighted by Gasteiger charge is 2.34. The van der Waals surface area contributed by atoms with E-state index in [1.165, 1.54) is 22.5 Å². The number of nitrogens with zero attached hydrogens (tertiary/aromatic N) is 1. The van der Waals surface area contributed by atoms with Crippen LogP contribution in [0.4, 0.5) is 4.39 Å². The summed E-state index contributed by atoms with van der Waals surface area (Å²) >= 11 is 3.14. The van der Waals surface area contributed by atoms with E-state index in [0.29, 0.717) is 12.5 Å². The summed E-state index contributed by atoms with van der Waals surface area (Å²) in [6.45, 7) is 4.26. The molecule has 1 saturated carbocycles. The predicted molar refractivity (Wildman–Crippen MR) is 75.9 cm³/mol. The second-order valence-corrected chi connectivity index (χ2v) is 7.90. The van der Waals surface area contributed by atoms with E-state index in [2.05, 4.69) is 15.9 Å². The fourth-order valence-corrected chi connectivity index (χ4v) is 4.68. The van der Waals surface area contributed by atoms with Gasteiger partial charge < -0.3 is 0 Å². The Morgan fingerprint density at radius 2 is 2.05 bits per heavy atom. The van der Waals surface area contributed by atoms with E-state index in [4.69, 9.17) is 0 Å². The summed E-state index contributed by atoms with van der Waals surface area (Å²) in [6, 6.07) is 3.56. The summed E-state index contributed by atoms with van der Waals surface area (Å²) in [5, 5.41) is 0. The molecule has 0 spiro atoms. The van der Waals surface area contributed by atoms with Gasteiger partial charge in [0.25, 0.3) is 0 Å². The second kappa shape index (κ2) is 5.50. The fraction of sp³-hybridized carbons (Fsp3) is 0.538. The molecule has 1 aromatic rings. The van der Waals surface area contributed by atoms with E-state index < -0.39 is 15.8 Å². The normalized spacial score (nSPS) is 16.3. The van der Waals surface area contributed by atoms with Gasteiger partial charge >= 0.3 is 0 Å². The van der Waals surface area contributed by atoms with Crippen LogP contribution in [0.2, 0.25) is 0 Å². The predicted octanol–water partition coefficient (Wildman–Crippen LogP) is 3.40. The molecule has 0 saturated heterocycles. The molecule has 2 rings (SSSR count). The van der Waals surface area contributed by atoms with Gasteiger partial charge in [0.2, 0.25) is 10.0 Å². The topological polar surface area (TPSA) is 37.4 Å². The SMILES string of the molecule is CC(C)N(CC1CC1)S(=O)(=O)c1ccc(F)cc1Br. The molecule has 1 aliphatic carbocycles. The van der Waals surface area contributed by atoms with Gasteiger partial charge in [0.05, 0.1) is 4.90 Å². The summed E-state index contributed by atoms with van der Waals surface area (Å²) in [6.07, 6.45) is 2.17. The van der Waals surface area contributed by atoms with Gasteiger partial charge in [-0.1, -0.05) is 0 Å². The molecule has 0 amide bonds. The standard InChI is InChI=1S/C13H17BrFNO2S/c1-9(2)16(8-10-3-4-10)19(17,18)13-6-5-11(15)7-12(13)14/h5-7,9-10H,3-4,8H2,1-2H3. The average Bonchev–Trinajstić information content (AvgIpc) is 3.08. The van der Waals surface area contributed by atoms with Crippen LogP contribution >= 0.6 is 15.9 Å². The van der Waals surface area contributed by atoms with Crippen molar-refractivity contribution in [3.05, 3.63) is 28.5 Å². The zero-order valence-electron chi connectivity index (χ0n) is 10.9. The van der Waals surface area contributed by atoms with Crippen molar-refractivity contribution in [2.24, 2.45) is 5.92 Å². The molecule has 0 unspecified atom stereocenters. The van der Waals surface area contributed by atoms with Crippen molar-refractivity contribution < 1.29 is 12.8 Å². The van der Waals surface area contributed by atoms with Crippen LogP contribution in [0.3, 0.4) is 0 Å². The van der Waals surface area contributed by atoms with Crippen LogP contribution in [0.25, 0.3) is 0 Å². The molecule has 0 bridgehead atoms. The van der Waals surface area contributed by atoms with Crippen LogP contribution in [-0.2, 0) is 10.0 Å². The number of hydrogen-bond acceptors (Lipinski definition) is 2. The van der Waals surface area contributed by atoms with Gasteiger partial charge in [0.1, 0.15) is 5.82 Å². The molecule has 3 nitrogen and oxygen atoms in total. The van der Waals surface area contributed by atoms with Gasteiger partial charge in [-0.25, -0.2) is 12.8 Å². The van der Waals surface area contributed by atoms with Gasteiger partial charge in [-0.05, 0) is 66.7 Å². The number of benzene rings is 1. The Hall–Kier alpha value is -0.460. The average molecular weight is 350 g/mol. The van der Waals surface area contributed by atoms with Gasteiger partial charge in [-0.3, -0.25) is 0 Å². The molecule has 0 N–H and O–H groups in total. The van der Waals surface area contributed by atoms with Crippen LogP contribution in [0.1, 0.15) is 26.7 Å². The van der Waals surface area contributed by atoms with E-state index in [1.807, 2.05) is 13.8 Å². The first kappa shape index (κ1) is 14.9. The minimum atomic E-state index is -3.58. The van der Waals surface area contributed by atoms with Gasteiger partial charge in [-0.2, -0.15) is 4.31 Å². The van der Waals surface area contributed by atoms with Crippen LogP contribution in [-0.4, -0.2) is 25.3 Å². The molecule has 0 aliphatic heterocycles. The minimum absolute atomic E-state index is 0.109. The second-order valence-electron chi connectivity index (χ2n) is 5.19. The van der Waals surface area contributed by atoms with Crippen LogP contribution < -0.4 is 0 Å². The van der Waals surface area contributed by atoms with Crippen molar-refractivity contribution in [1.82, 2.24) is 4.31 Å². The summed E-state index contributed by atoms with van der Waals surface area (Å²) in [7, 11) is -3.58. The molecule has 0 aromatic heterocycles. The zero-order valence-corrected chi connectivity index (χ0v) is 13.3. The summed E-state index contributed by atoms with van der Waals surface area (Å²) in [5.41, 5.74) is 0. The van der Waals surface area contributed by atoms with E-state index in [9.17, 15) is 12.8 Å². The maximum absolute atomic E-state index is 13.1. The molecule has 1 fully saturated rings. The van der Waals surface area contributed by atoms with Crippen molar-refractivity contribution in [2.75, 3.05) is 6.54 Å². The van der Waals surface area contributed by atoms with E-state index in [-0.39, 0.29) is 15.4 Å². The maximum atomic E-state index is 13.1. The highest BCUT2D eigenvalue weighted by atomic mass is 79.9. The minimum Gasteiger partial charge on any atom is -0.207 e. The third kappa shape index (κ3) is 3.35. The lowest BCUT2D eigenvalue weighted by Gasteiger charge is -2.26. The Balaban J connectivity index is 2.37. The third-order valence-corrected chi connectivity index (χ3v) is 6.21. The molecule has 0 radical (unpaired) electrons. The highest BCUT2D eigenvalue weighted by molar-refractivity contribution is 9.10. The van der Waals surface area contributed by atoms with Gasteiger partial charge in [0.15, 0.2) is 0 Å². The lowest BCUT2D eigenvalue weighted by Crippen LogP contribution is -2.38. The van der Waals surface area contributed by atoms with Crippen molar-refractivity contribution in [2.45, 2.75) is 37.6 Å². The first-order valence-corrected chi connectivity index (χ1v) is 8.52. The van der Waals surface area contributed by atoms with E-state index in [0.717, 1.165) is 12.8 Å². The molecule has 0 heterocycles. The van der Waals surface area contributed by atoms with E-state index >= 15 is 0 Å². The Labute approximate surface area is 122 Å². The molecular weight excluding hydrogens is 333 g/mol. The van der Waals surface area contributed by atoms with Crippen LogP contribution in [0.5, 0.6) is 0 Å². The summed E-state index contributed by atoms with van der Waals surface area (Å²) in [5.74, 6) is 0.0144. The van der Waals surface area contributed by atoms with Crippen molar-refractivity contribution in [3.8, 4) is 0 Å². The molecular formula is C13H17BrFNO2S. The number of sulfonamides is 1.